The van der Waals surface area contributed by atoms with E-state index < -0.39 is 17.1 Å². The summed E-state index contributed by atoms with van der Waals surface area (Å²) in [6.45, 7) is 3.94. The summed E-state index contributed by atoms with van der Waals surface area (Å²) < 4.78 is 0. The first kappa shape index (κ1) is 36.6. The van der Waals surface area contributed by atoms with Crippen molar-refractivity contribution < 1.29 is 14.4 Å². The second kappa shape index (κ2) is 17.3. The second-order valence-electron chi connectivity index (χ2n) is 12.2. The lowest BCUT2D eigenvalue weighted by atomic mass is 10.0. The zero-order chi connectivity index (χ0) is 37.2. The summed E-state index contributed by atoms with van der Waals surface area (Å²) in [6, 6.07) is 43.9. The number of rotatable bonds is 12. The summed E-state index contributed by atoms with van der Waals surface area (Å²) >= 11 is 2.70. The number of nitriles is 1. The summed E-state index contributed by atoms with van der Waals surface area (Å²) in [6.07, 6.45) is 2.18. The van der Waals surface area contributed by atoms with Gasteiger partial charge < -0.3 is 16.0 Å². The minimum atomic E-state index is -0.500. The van der Waals surface area contributed by atoms with Crippen molar-refractivity contribution in [3.63, 3.8) is 0 Å². The van der Waals surface area contributed by atoms with Crippen LogP contribution in [0.3, 0.4) is 0 Å². The summed E-state index contributed by atoms with van der Waals surface area (Å²) in [4.78, 5) is 41.2. The average Bonchev–Trinajstić information content (AvgIpc) is 3.60. The van der Waals surface area contributed by atoms with Crippen LogP contribution in [0.4, 0.5) is 10.7 Å². The van der Waals surface area contributed by atoms with Gasteiger partial charge in [0.1, 0.15) is 16.8 Å². The smallest absolute Gasteiger partial charge is 0.272 e. The van der Waals surface area contributed by atoms with Crippen molar-refractivity contribution in [2.24, 2.45) is 0 Å². The molecule has 0 radical (unpaired) electrons. The Bertz CT molecular complexity index is 2290. The van der Waals surface area contributed by atoms with Gasteiger partial charge in [-0.2, -0.15) is 5.26 Å². The lowest BCUT2D eigenvalue weighted by molar-refractivity contribution is -0.116. The molecule has 1 aromatic heterocycles. The maximum absolute atomic E-state index is 13.8. The van der Waals surface area contributed by atoms with Gasteiger partial charge in [0.2, 0.25) is 5.91 Å². The Hall–Kier alpha value is -6.21. The topological polar surface area (TPSA) is 111 Å². The number of anilines is 2. The number of thioether (sulfide) groups is 1. The normalized spacial score (nSPS) is 11.6. The molecule has 0 fully saturated rings. The molecule has 0 saturated carbocycles. The molecule has 5 aromatic carbocycles. The Morgan fingerprint density at radius 3 is 2.13 bits per heavy atom. The molecule has 262 valence electrons. The van der Waals surface area contributed by atoms with E-state index in [9.17, 15) is 19.6 Å². The highest BCUT2D eigenvalue weighted by molar-refractivity contribution is 8.00. The van der Waals surface area contributed by atoms with Gasteiger partial charge in [0, 0.05) is 27.1 Å². The minimum Gasteiger partial charge on any atom is -0.321 e. The van der Waals surface area contributed by atoms with Crippen molar-refractivity contribution in [3.05, 3.63) is 167 Å². The summed E-state index contributed by atoms with van der Waals surface area (Å²) in [5, 5.41) is 20.6. The molecule has 0 aliphatic heterocycles. The fourth-order valence-electron chi connectivity index (χ4n) is 5.54. The van der Waals surface area contributed by atoms with Crippen molar-refractivity contribution in [1.82, 2.24) is 5.32 Å². The van der Waals surface area contributed by atoms with Gasteiger partial charge in [0.05, 0.1) is 10.8 Å². The maximum atomic E-state index is 13.8. The molecule has 0 spiro atoms. The van der Waals surface area contributed by atoms with Crippen LogP contribution in [0.5, 0.6) is 0 Å². The molecule has 0 bridgehead atoms. The molecule has 53 heavy (non-hydrogen) atoms. The van der Waals surface area contributed by atoms with Gasteiger partial charge in [-0.1, -0.05) is 116 Å². The quantitative estimate of drug-likeness (QED) is 0.0857. The Morgan fingerprint density at radius 2 is 1.45 bits per heavy atom. The van der Waals surface area contributed by atoms with E-state index in [-0.39, 0.29) is 11.6 Å². The van der Waals surface area contributed by atoms with Crippen LogP contribution >= 0.6 is 23.1 Å². The van der Waals surface area contributed by atoms with Crippen LogP contribution in [0.1, 0.15) is 40.4 Å². The Balaban J connectivity index is 1.17. The van der Waals surface area contributed by atoms with Gasteiger partial charge in [-0.05, 0) is 72.0 Å². The number of thiophene rings is 1. The predicted octanol–water partition coefficient (Wildman–Crippen LogP) is 10.2. The van der Waals surface area contributed by atoms with Gasteiger partial charge in [-0.3, -0.25) is 14.4 Å². The van der Waals surface area contributed by atoms with Crippen LogP contribution < -0.4 is 16.0 Å². The fourth-order valence-corrected chi connectivity index (χ4v) is 7.48. The number of carbonyl (C=O) groups excluding carboxylic acids is 3. The maximum Gasteiger partial charge on any atom is 0.272 e. The number of benzene rings is 5. The number of hydrogen-bond acceptors (Lipinski definition) is 6. The first-order valence-corrected chi connectivity index (χ1v) is 18.8. The van der Waals surface area contributed by atoms with E-state index in [0.717, 1.165) is 38.3 Å². The number of amides is 3. The van der Waals surface area contributed by atoms with E-state index in [0.29, 0.717) is 28.2 Å². The third-order valence-electron chi connectivity index (χ3n) is 8.39. The molecular weight excluding hydrogens is 697 g/mol. The lowest BCUT2D eigenvalue weighted by Gasteiger charge is -2.16. The van der Waals surface area contributed by atoms with E-state index >= 15 is 0 Å². The molecule has 6 rings (SSSR count). The molecule has 0 saturated heterocycles. The number of nitrogens with one attached hydrogen (secondary N) is 3. The van der Waals surface area contributed by atoms with Crippen molar-refractivity contribution in [3.8, 4) is 28.3 Å². The molecule has 3 amide bonds. The van der Waals surface area contributed by atoms with Crippen molar-refractivity contribution >= 4 is 57.6 Å². The van der Waals surface area contributed by atoms with Crippen LogP contribution in [0, 0.1) is 18.3 Å². The standard InChI is InChI=1S/C44H36N4O3S2/c1-3-40(43(51)48-44-37(27-45)38(28-52-44)33-21-17-29(2)18-22-33)53-36-16-10-15-35(26-36)46-42(50)39(47-41(49)34-13-8-5-9-14-34)25-30-19-23-32(24-20-30)31-11-6-4-7-12-31/h4-26,28,40H,3H2,1-2H3,(H,46,50)(H,47,49)(H,48,51)/b39-25+. The van der Waals surface area contributed by atoms with Crippen molar-refractivity contribution in [2.75, 3.05) is 10.6 Å². The number of hydrogen-bond donors (Lipinski definition) is 3. The predicted molar refractivity (Wildman–Crippen MR) is 217 cm³/mol. The first-order chi connectivity index (χ1) is 25.8. The molecule has 1 unspecified atom stereocenters. The van der Waals surface area contributed by atoms with E-state index in [1.54, 1.807) is 48.5 Å². The largest absolute Gasteiger partial charge is 0.321 e. The van der Waals surface area contributed by atoms with Crippen molar-refractivity contribution in [1.29, 1.82) is 5.26 Å². The molecule has 6 aromatic rings. The molecule has 1 heterocycles. The summed E-state index contributed by atoms with van der Waals surface area (Å²) in [7, 11) is 0. The van der Waals surface area contributed by atoms with Gasteiger partial charge >= 0.3 is 0 Å². The Kier molecular flexibility index (Phi) is 12.0. The first-order valence-electron chi connectivity index (χ1n) is 17.0. The third kappa shape index (κ3) is 9.37. The molecule has 1 atom stereocenters. The van der Waals surface area contributed by atoms with Gasteiger partial charge in [-0.25, -0.2) is 0 Å². The number of carbonyl (C=O) groups is 3. The Morgan fingerprint density at radius 1 is 0.792 bits per heavy atom. The van der Waals surface area contributed by atoms with Crippen molar-refractivity contribution in [2.45, 2.75) is 30.4 Å². The monoisotopic (exact) mass is 732 g/mol. The van der Waals surface area contributed by atoms with Crippen LogP contribution in [-0.4, -0.2) is 23.0 Å². The second-order valence-corrected chi connectivity index (χ2v) is 14.3. The zero-order valence-corrected chi connectivity index (χ0v) is 30.8. The van der Waals surface area contributed by atoms with E-state index in [2.05, 4.69) is 22.0 Å². The average molecular weight is 733 g/mol. The molecule has 3 N–H and O–H groups in total. The van der Waals surface area contributed by atoms with Crippen LogP contribution in [0.15, 0.2) is 149 Å². The van der Waals surface area contributed by atoms with Crippen LogP contribution in [0.25, 0.3) is 28.3 Å². The fraction of sp³-hybridized carbons (Fsp3) is 0.0909. The van der Waals surface area contributed by atoms with Gasteiger partial charge in [-0.15, -0.1) is 23.1 Å². The minimum absolute atomic E-state index is 0.0736. The summed E-state index contributed by atoms with van der Waals surface area (Å²) in [5.74, 6) is -1.13. The molecule has 0 aliphatic carbocycles. The zero-order valence-electron chi connectivity index (χ0n) is 29.1. The molecule has 9 heteroatoms. The molecular formula is C44H36N4O3S2. The number of nitrogens with zero attached hydrogens (tertiary/aromatic N) is 1. The highest BCUT2D eigenvalue weighted by atomic mass is 32.2. The SMILES string of the molecule is CCC(Sc1cccc(NC(=O)/C(=C\c2ccc(-c3ccccc3)cc2)NC(=O)c2ccccc2)c1)C(=O)Nc1scc(-c2ccc(C)cc2)c1C#N. The van der Waals surface area contributed by atoms with E-state index in [1.807, 2.05) is 110 Å². The lowest BCUT2D eigenvalue weighted by Crippen LogP contribution is -2.30. The third-order valence-corrected chi connectivity index (χ3v) is 10.6. The van der Waals surface area contributed by atoms with Gasteiger partial charge in [0.15, 0.2) is 0 Å². The van der Waals surface area contributed by atoms with Gasteiger partial charge in [0.25, 0.3) is 11.8 Å². The highest BCUT2D eigenvalue weighted by Crippen LogP contribution is 2.36. The van der Waals surface area contributed by atoms with E-state index in [1.165, 1.54) is 23.1 Å². The number of aryl methyl sites for hydroxylation is 1. The van der Waals surface area contributed by atoms with E-state index in [4.69, 9.17) is 0 Å². The van der Waals surface area contributed by atoms with Crippen LogP contribution in [-0.2, 0) is 9.59 Å². The highest BCUT2D eigenvalue weighted by Gasteiger charge is 2.22. The van der Waals surface area contributed by atoms with Crippen LogP contribution in [0.2, 0.25) is 0 Å². The molecule has 7 nitrogen and oxygen atoms in total. The summed E-state index contributed by atoms with van der Waals surface area (Å²) in [5.41, 5.74) is 7.10. The molecule has 0 aliphatic rings. The Labute approximate surface area is 317 Å².